The monoisotopic (exact) mass is 480 g/mol. The molecule has 4 aromatic rings. The van der Waals surface area contributed by atoms with Gasteiger partial charge >= 0.3 is 6.09 Å². The number of anilines is 1. The molecule has 0 atom stereocenters. The lowest BCUT2D eigenvalue weighted by Gasteiger charge is -2.19. The summed E-state index contributed by atoms with van der Waals surface area (Å²) in [6, 6.07) is 5.56. The fourth-order valence-electron chi connectivity index (χ4n) is 3.69. The van der Waals surface area contributed by atoms with E-state index in [4.69, 9.17) is 16.3 Å². The molecule has 0 saturated heterocycles. The summed E-state index contributed by atoms with van der Waals surface area (Å²) >= 11 is 5.61. The molecule has 176 valence electrons. The number of aryl methyl sites for hydroxylation is 2. The van der Waals surface area contributed by atoms with Crippen molar-refractivity contribution in [2.45, 2.75) is 33.3 Å². The van der Waals surface area contributed by atoms with Crippen LogP contribution in [0, 0.1) is 6.92 Å². The van der Waals surface area contributed by atoms with Gasteiger partial charge in [0, 0.05) is 41.6 Å². The fraction of sp³-hybridized carbons (Fsp3) is 0.292. The first-order valence-corrected chi connectivity index (χ1v) is 11.2. The highest BCUT2D eigenvalue weighted by atomic mass is 35.5. The molecule has 0 aliphatic heterocycles. The predicted octanol–water partition coefficient (Wildman–Crippen LogP) is 4.77. The van der Waals surface area contributed by atoms with E-state index in [1.165, 1.54) is 4.68 Å². The maximum atomic E-state index is 13.0. The van der Waals surface area contributed by atoms with Gasteiger partial charge in [0.15, 0.2) is 0 Å². The molecule has 3 heterocycles. The summed E-state index contributed by atoms with van der Waals surface area (Å²) in [4.78, 5) is 29.1. The van der Waals surface area contributed by atoms with Crippen LogP contribution in [-0.4, -0.2) is 48.0 Å². The number of alkyl halides is 1. The number of rotatable bonds is 4. The van der Waals surface area contributed by atoms with E-state index < -0.39 is 11.7 Å². The zero-order chi connectivity index (χ0) is 24.6. The number of fused-ring (bicyclic) bond motifs is 1. The SMILES string of the molecule is Cc1cc(NC(=O)CCl)ccc1-c1cncc2c1c(-c1cnn(C)c1)nn2C(=O)OC(C)(C)C. The van der Waals surface area contributed by atoms with Crippen molar-refractivity contribution in [3.8, 4) is 22.4 Å². The van der Waals surface area contributed by atoms with Crippen LogP contribution in [0.2, 0.25) is 0 Å². The second-order valence-electron chi connectivity index (χ2n) is 8.94. The van der Waals surface area contributed by atoms with Gasteiger partial charge in [0.1, 0.15) is 22.7 Å². The van der Waals surface area contributed by atoms with Crippen LogP contribution in [0.5, 0.6) is 0 Å². The molecular weight excluding hydrogens is 456 g/mol. The molecule has 34 heavy (non-hydrogen) atoms. The highest BCUT2D eigenvalue weighted by Gasteiger charge is 2.25. The number of hydrogen-bond acceptors (Lipinski definition) is 6. The van der Waals surface area contributed by atoms with Crippen molar-refractivity contribution in [1.82, 2.24) is 24.5 Å². The standard InChI is InChI=1S/C24H25ClN6O3/c1-14-8-16(28-20(32)9-25)6-7-17(14)18-11-26-12-19-21(18)22(15-10-27-30(5)13-15)29-31(19)23(33)34-24(2,3)4/h6-8,10-13H,9H2,1-5H3,(H,28,32). The Balaban J connectivity index is 1.92. The summed E-state index contributed by atoms with van der Waals surface area (Å²) < 4.78 is 8.50. The number of carbonyl (C=O) groups is 2. The molecule has 1 amide bonds. The Morgan fingerprint density at radius 3 is 2.53 bits per heavy atom. The summed E-state index contributed by atoms with van der Waals surface area (Å²) in [5.41, 5.74) is 4.40. The predicted molar refractivity (Wildman–Crippen MR) is 131 cm³/mol. The number of nitrogens with zero attached hydrogens (tertiary/aromatic N) is 5. The van der Waals surface area contributed by atoms with Gasteiger partial charge in [0.25, 0.3) is 0 Å². The number of benzene rings is 1. The third-order valence-electron chi connectivity index (χ3n) is 5.06. The number of nitrogens with one attached hydrogen (secondary N) is 1. The van der Waals surface area contributed by atoms with Crippen LogP contribution in [0.1, 0.15) is 26.3 Å². The van der Waals surface area contributed by atoms with Crippen LogP contribution in [-0.2, 0) is 16.6 Å². The van der Waals surface area contributed by atoms with Crippen LogP contribution in [0.25, 0.3) is 33.3 Å². The number of pyridine rings is 1. The topological polar surface area (TPSA) is 104 Å². The Morgan fingerprint density at radius 2 is 1.91 bits per heavy atom. The van der Waals surface area contributed by atoms with Crippen molar-refractivity contribution in [1.29, 1.82) is 0 Å². The van der Waals surface area contributed by atoms with E-state index in [9.17, 15) is 9.59 Å². The van der Waals surface area contributed by atoms with Crippen molar-refractivity contribution in [3.63, 3.8) is 0 Å². The zero-order valence-electron chi connectivity index (χ0n) is 19.6. The maximum Gasteiger partial charge on any atom is 0.435 e. The average molecular weight is 481 g/mol. The summed E-state index contributed by atoms with van der Waals surface area (Å²) in [5.74, 6) is -0.405. The van der Waals surface area contributed by atoms with Crippen LogP contribution < -0.4 is 5.32 Å². The lowest BCUT2D eigenvalue weighted by molar-refractivity contribution is -0.113. The van der Waals surface area contributed by atoms with Crippen molar-refractivity contribution >= 4 is 40.2 Å². The van der Waals surface area contributed by atoms with E-state index in [2.05, 4.69) is 20.5 Å². The van der Waals surface area contributed by atoms with E-state index in [0.717, 1.165) is 27.6 Å². The number of amides is 1. The third kappa shape index (κ3) is 4.65. The first-order chi connectivity index (χ1) is 16.1. The van der Waals surface area contributed by atoms with Crippen molar-refractivity contribution in [2.75, 3.05) is 11.2 Å². The van der Waals surface area contributed by atoms with Crippen molar-refractivity contribution in [2.24, 2.45) is 7.05 Å². The zero-order valence-corrected chi connectivity index (χ0v) is 20.3. The number of halogens is 1. The summed E-state index contributed by atoms with van der Waals surface area (Å²) in [7, 11) is 1.82. The lowest BCUT2D eigenvalue weighted by Crippen LogP contribution is -2.27. The van der Waals surface area contributed by atoms with Gasteiger partial charge in [-0.2, -0.15) is 14.9 Å². The lowest BCUT2D eigenvalue weighted by atomic mass is 9.96. The molecule has 3 aromatic heterocycles. The average Bonchev–Trinajstić information content (AvgIpc) is 3.36. The molecule has 0 radical (unpaired) electrons. The van der Waals surface area contributed by atoms with Gasteiger partial charge in [0.05, 0.1) is 12.4 Å². The molecule has 0 saturated carbocycles. The highest BCUT2D eigenvalue weighted by molar-refractivity contribution is 6.29. The van der Waals surface area contributed by atoms with Gasteiger partial charge in [-0.1, -0.05) is 6.07 Å². The summed E-state index contributed by atoms with van der Waals surface area (Å²) in [6.07, 6.45) is 6.27. The Hall–Kier alpha value is -3.72. The Morgan fingerprint density at radius 1 is 1.15 bits per heavy atom. The highest BCUT2D eigenvalue weighted by Crippen LogP contribution is 2.37. The van der Waals surface area contributed by atoms with E-state index in [1.807, 2.05) is 32.3 Å². The van der Waals surface area contributed by atoms with Crippen molar-refractivity contribution in [3.05, 3.63) is 48.5 Å². The van der Waals surface area contributed by atoms with Crippen LogP contribution in [0.3, 0.4) is 0 Å². The fourth-order valence-corrected chi connectivity index (χ4v) is 3.76. The smallest absolute Gasteiger partial charge is 0.435 e. The number of hydrogen-bond donors (Lipinski definition) is 1. The first-order valence-electron chi connectivity index (χ1n) is 10.6. The quantitative estimate of drug-likeness (QED) is 0.422. The second kappa shape index (κ2) is 8.90. The first kappa shape index (κ1) is 23.4. The van der Waals surface area contributed by atoms with E-state index in [-0.39, 0.29) is 11.8 Å². The van der Waals surface area contributed by atoms with Crippen LogP contribution in [0.15, 0.2) is 43.0 Å². The Bertz CT molecular complexity index is 1400. The molecule has 1 N–H and O–H groups in total. The molecule has 0 aliphatic carbocycles. The van der Waals surface area contributed by atoms with Gasteiger partial charge in [-0.05, 0) is 51.0 Å². The van der Waals surface area contributed by atoms with Gasteiger partial charge in [-0.25, -0.2) is 4.79 Å². The maximum absolute atomic E-state index is 13.0. The van der Waals surface area contributed by atoms with Gasteiger partial charge in [0.2, 0.25) is 5.91 Å². The second-order valence-corrected chi connectivity index (χ2v) is 9.20. The van der Waals surface area contributed by atoms with Gasteiger partial charge in [-0.15, -0.1) is 11.6 Å². The molecule has 10 heteroatoms. The number of carbonyl (C=O) groups excluding carboxylic acids is 2. The Kier molecular flexibility index (Phi) is 6.14. The van der Waals surface area contributed by atoms with Crippen LogP contribution >= 0.6 is 11.6 Å². The summed E-state index contributed by atoms with van der Waals surface area (Å²) in [6.45, 7) is 7.34. The molecule has 0 spiro atoms. The van der Waals surface area contributed by atoms with E-state index in [1.54, 1.807) is 50.1 Å². The number of ether oxygens (including phenoxy) is 1. The summed E-state index contributed by atoms with van der Waals surface area (Å²) in [5, 5.41) is 12.4. The molecule has 0 aliphatic rings. The number of aromatic nitrogens is 5. The minimum atomic E-state index is -0.686. The molecule has 9 nitrogen and oxygen atoms in total. The Labute approximate surface area is 201 Å². The molecule has 1 aromatic carbocycles. The van der Waals surface area contributed by atoms with Crippen LogP contribution in [0.4, 0.5) is 10.5 Å². The van der Waals surface area contributed by atoms with Gasteiger partial charge < -0.3 is 10.1 Å². The largest absolute Gasteiger partial charge is 0.442 e. The third-order valence-corrected chi connectivity index (χ3v) is 5.30. The minimum Gasteiger partial charge on any atom is -0.442 e. The minimum absolute atomic E-state index is 0.123. The van der Waals surface area contributed by atoms with E-state index >= 15 is 0 Å². The molecule has 0 bridgehead atoms. The van der Waals surface area contributed by atoms with E-state index in [0.29, 0.717) is 16.9 Å². The molecule has 0 fully saturated rings. The molecule has 4 rings (SSSR count). The van der Waals surface area contributed by atoms with Crippen molar-refractivity contribution < 1.29 is 14.3 Å². The molecule has 0 unspecified atom stereocenters. The van der Waals surface area contributed by atoms with Gasteiger partial charge in [-0.3, -0.25) is 14.5 Å². The molecular formula is C24H25ClN6O3. The normalized spacial score (nSPS) is 11.6.